The van der Waals surface area contributed by atoms with Crippen LogP contribution in [0.2, 0.25) is 5.02 Å². The Morgan fingerprint density at radius 1 is 0.926 bits per heavy atom. The molecular weight excluding hydrogens is 362 g/mol. The zero-order valence-corrected chi connectivity index (χ0v) is 16.0. The summed E-state index contributed by atoms with van der Waals surface area (Å²) in [4.78, 5) is 25.4. The van der Waals surface area contributed by atoms with Gasteiger partial charge < -0.3 is 4.57 Å². The van der Waals surface area contributed by atoms with Gasteiger partial charge >= 0.3 is 5.69 Å². The van der Waals surface area contributed by atoms with Crippen molar-refractivity contribution in [1.29, 1.82) is 0 Å². The molecule has 0 unspecified atom stereocenters. The largest absolute Gasteiger partial charge is 0.330 e. The fourth-order valence-corrected chi connectivity index (χ4v) is 3.53. The van der Waals surface area contributed by atoms with Gasteiger partial charge in [-0.3, -0.25) is 13.9 Å². The van der Waals surface area contributed by atoms with Crippen LogP contribution in [0.25, 0.3) is 27.8 Å². The Morgan fingerprint density at radius 3 is 2.30 bits per heavy atom. The van der Waals surface area contributed by atoms with E-state index in [1.54, 1.807) is 7.05 Å². The molecule has 0 spiro atoms. The Bertz CT molecular complexity index is 1300. The molecule has 136 valence electrons. The summed E-state index contributed by atoms with van der Waals surface area (Å²) in [6.07, 6.45) is 1.82. The van der Waals surface area contributed by atoms with Gasteiger partial charge in [-0.15, -0.1) is 0 Å². The lowest BCUT2D eigenvalue weighted by atomic mass is 10.1. The second kappa shape index (κ2) is 6.28. The Balaban J connectivity index is 2.21. The van der Waals surface area contributed by atoms with Crippen molar-refractivity contribution in [2.75, 3.05) is 0 Å². The Hall–Kier alpha value is -3.05. The van der Waals surface area contributed by atoms with Crippen LogP contribution >= 0.6 is 11.6 Å². The molecule has 4 aromatic rings. The van der Waals surface area contributed by atoms with Crippen molar-refractivity contribution >= 4 is 22.5 Å². The van der Waals surface area contributed by atoms with Crippen LogP contribution in [0.15, 0.2) is 64.3 Å². The minimum absolute atomic E-state index is 0.316. The van der Waals surface area contributed by atoms with Gasteiger partial charge in [0, 0.05) is 31.0 Å². The van der Waals surface area contributed by atoms with Gasteiger partial charge in [0.15, 0.2) is 0 Å². The highest BCUT2D eigenvalue weighted by atomic mass is 35.5. The molecule has 2 heterocycles. The van der Waals surface area contributed by atoms with Crippen molar-refractivity contribution in [1.82, 2.24) is 13.7 Å². The number of nitrogens with zero attached hydrogens (tertiary/aromatic N) is 3. The number of aromatic nitrogens is 3. The monoisotopic (exact) mass is 379 g/mol. The van der Waals surface area contributed by atoms with E-state index in [0.29, 0.717) is 15.9 Å². The lowest BCUT2D eigenvalue weighted by Crippen LogP contribution is -2.36. The standard InChI is InChI=1S/C21H18ClN3O2/c1-13-9-10-15(11-16(13)22)25-12-17-18(19(25)14-7-5-4-6-8-14)20(26)24(3)21(27)23(17)2/h4-12H,1-3H3. The van der Waals surface area contributed by atoms with Crippen LogP contribution in [0, 0.1) is 6.92 Å². The number of aryl methyl sites for hydroxylation is 2. The maximum absolute atomic E-state index is 13.0. The molecule has 5 nitrogen and oxygen atoms in total. The van der Waals surface area contributed by atoms with Crippen LogP contribution in [-0.2, 0) is 14.1 Å². The van der Waals surface area contributed by atoms with E-state index < -0.39 is 0 Å². The summed E-state index contributed by atoms with van der Waals surface area (Å²) < 4.78 is 4.56. The van der Waals surface area contributed by atoms with Crippen LogP contribution in [0.3, 0.4) is 0 Å². The Labute approximate surface area is 160 Å². The van der Waals surface area contributed by atoms with E-state index in [9.17, 15) is 9.59 Å². The van der Waals surface area contributed by atoms with Gasteiger partial charge in [-0.25, -0.2) is 4.79 Å². The van der Waals surface area contributed by atoms with E-state index in [4.69, 9.17) is 11.6 Å². The highest BCUT2D eigenvalue weighted by Gasteiger charge is 2.20. The predicted molar refractivity (Wildman–Crippen MR) is 109 cm³/mol. The molecule has 0 saturated carbocycles. The van der Waals surface area contributed by atoms with E-state index in [1.807, 2.05) is 66.2 Å². The number of rotatable bonds is 2. The van der Waals surface area contributed by atoms with Crippen LogP contribution in [0.4, 0.5) is 0 Å². The lowest BCUT2D eigenvalue weighted by molar-refractivity contribution is 0.714. The highest BCUT2D eigenvalue weighted by Crippen LogP contribution is 2.32. The maximum atomic E-state index is 13.0. The molecule has 0 aliphatic carbocycles. The Kier molecular flexibility index (Phi) is 4.04. The van der Waals surface area contributed by atoms with E-state index in [2.05, 4.69) is 0 Å². The number of fused-ring (bicyclic) bond motifs is 1. The Morgan fingerprint density at radius 2 is 1.63 bits per heavy atom. The molecule has 0 bridgehead atoms. The number of hydrogen-bond donors (Lipinski definition) is 0. The molecule has 0 amide bonds. The van der Waals surface area contributed by atoms with Crippen molar-refractivity contribution < 1.29 is 0 Å². The maximum Gasteiger partial charge on any atom is 0.330 e. The van der Waals surface area contributed by atoms with Gasteiger partial charge in [0.2, 0.25) is 0 Å². The summed E-state index contributed by atoms with van der Waals surface area (Å²) in [5, 5.41) is 1.15. The zero-order chi connectivity index (χ0) is 19.3. The lowest BCUT2D eigenvalue weighted by Gasteiger charge is -2.11. The summed E-state index contributed by atoms with van der Waals surface area (Å²) in [5.74, 6) is 0. The summed E-state index contributed by atoms with van der Waals surface area (Å²) >= 11 is 6.34. The molecule has 0 aliphatic heterocycles. The topological polar surface area (TPSA) is 48.9 Å². The smallest absolute Gasteiger partial charge is 0.314 e. The third-order valence-electron chi connectivity index (χ3n) is 4.92. The third kappa shape index (κ3) is 2.62. The molecule has 2 aromatic carbocycles. The molecular formula is C21H18ClN3O2. The van der Waals surface area contributed by atoms with Crippen molar-refractivity contribution in [3.05, 3.63) is 86.2 Å². The highest BCUT2D eigenvalue weighted by molar-refractivity contribution is 6.31. The summed E-state index contributed by atoms with van der Waals surface area (Å²) in [5.41, 5.74) is 3.34. The van der Waals surface area contributed by atoms with Gasteiger partial charge in [0.05, 0.1) is 16.6 Å². The average Bonchev–Trinajstić information content (AvgIpc) is 3.08. The van der Waals surface area contributed by atoms with Crippen molar-refractivity contribution in [2.45, 2.75) is 6.92 Å². The van der Waals surface area contributed by atoms with E-state index in [-0.39, 0.29) is 11.2 Å². The van der Waals surface area contributed by atoms with Crippen molar-refractivity contribution in [3.63, 3.8) is 0 Å². The zero-order valence-electron chi connectivity index (χ0n) is 15.2. The van der Waals surface area contributed by atoms with Crippen LogP contribution in [0.1, 0.15) is 5.56 Å². The molecule has 0 radical (unpaired) electrons. The molecule has 6 heteroatoms. The van der Waals surface area contributed by atoms with Crippen LogP contribution in [-0.4, -0.2) is 13.7 Å². The molecule has 0 fully saturated rings. The quantitative estimate of drug-likeness (QED) is 0.533. The fourth-order valence-electron chi connectivity index (χ4n) is 3.36. The number of hydrogen-bond acceptors (Lipinski definition) is 2. The molecule has 0 saturated heterocycles. The summed E-state index contributed by atoms with van der Waals surface area (Å²) in [6, 6.07) is 15.4. The SMILES string of the molecule is Cc1ccc(-n2cc3c(c2-c2ccccc2)c(=O)n(C)c(=O)n3C)cc1Cl. The number of benzene rings is 2. The molecule has 4 rings (SSSR count). The van der Waals surface area contributed by atoms with E-state index in [0.717, 1.165) is 27.1 Å². The molecule has 27 heavy (non-hydrogen) atoms. The molecule has 2 aromatic heterocycles. The van der Waals surface area contributed by atoms with Gasteiger partial charge in [-0.1, -0.05) is 48.0 Å². The fraction of sp³-hybridized carbons (Fsp3) is 0.143. The predicted octanol–water partition coefficient (Wildman–Crippen LogP) is 3.66. The summed E-state index contributed by atoms with van der Waals surface area (Å²) in [7, 11) is 3.17. The summed E-state index contributed by atoms with van der Waals surface area (Å²) in [6.45, 7) is 1.94. The second-order valence-electron chi connectivity index (χ2n) is 6.61. The minimum atomic E-state index is -0.355. The first-order valence-corrected chi connectivity index (χ1v) is 8.91. The van der Waals surface area contributed by atoms with Gasteiger partial charge in [0.25, 0.3) is 5.56 Å². The second-order valence-corrected chi connectivity index (χ2v) is 7.02. The van der Waals surface area contributed by atoms with Gasteiger partial charge in [0.1, 0.15) is 0 Å². The van der Waals surface area contributed by atoms with Crippen molar-refractivity contribution in [3.8, 4) is 16.9 Å². The van der Waals surface area contributed by atoms with Crippen LogP contribution < -0.4 is 11.2 Å². The van der Waals surface area contributed by atoms with Gasteiger partial charge in [-0.05, 0) is 30.2 Å². The normalized spacial score (nSPS) is 11.3. The first kappa shape index (κ1) is 17.4. The average molecular weight is 380 g/mol. The first-order chi connectivity index (χ1) is 12.9. The van der Waals surface area contributed by atoms with E-state index >= 15 is 0 Å². The first-order valence-electron chi connectivity index (χ1n) is 8.53. The molecule has 0 N–H and O–H groups in total. The van der Waals surface area contributed by atoms with Crippen LogP contribution in [0.5, 0.6) is 0 Å². The molecule has 0 aliphatic rings. The van der Waals surface area contributed by atoms with E-state index in [1.165, 1.54) is 11.6 Å². The number of halogens is 1. The van der Waals surface area contributed by atoms with Crippen molar-refractivity contribution in [2.24, 2.45) is 14.1 Å². The molecule has 0 atom stereocenters. The van der Waals surface area contributed by atoms with Gasteiger partial charge in [-0.2, -0.15) is 0 Å². The third-order valence-corrected chi connectivity index (χ3v) is 5.33. The minimum Gasteiger partial charge on any atom is -0.314 e.